The van der Waals surface area contributed by atoms with Crippen LogP contribution in [0.25, 0.3) is 16.9 Å². The van der Waals surface area contributed by atoms with Crippen LogP contribution in [0.15, 0.2) is 61.1 Å². The van der Waals surface area contributed by atoms with E-state index in [2.05, 4.69) is 17.1 Å². The zero-order chi connectivity index (χ0) is 13.9. The highest BCUT2D eigenvalue weighted by Crippen LogP contribution is 2.27. The Balaban J connectivity index is 2.10. The van der Waals surface area contributed by atoms with Gasteiger partial charge in [-0.25, -0.2) is 4.98 Å². The smallest absolute Gasteiger partial charge is 0.143 e. The van der Waals surface area contributed by atoms with Gasteiger partial charge < -0.3 is 10.5 Å². The van der Waals surface area contributed by atoms with Crippen molar-refractivity contribution in [2.45, 2.75) is 0 Å². The molecule has 0 radical (unpaired) electrons. The molecule has 20 heavy (non-hydrogen) atoms. The molecule has 2 aromatic carbocycles. The maximum absolute atomic E-state index is 5.85. The first-order chi connectivity index (χ1) is 9.79. The standard InChI is InChI=1S/C16H15N3O/c1-20-16-9-13(7-8-14(16)17)19-11-18-10-15(19)12-5-3-2-4-6-12/h2-11H,17H2,1H3. The number of hydrogen-bond acceptors (Lipinski definition) is 3. The highest BCUT2D eigenvalue weighted by Gasteiger charge is 2.08. The van der Waals surface area contributed by atoms with E-state index in [1.54, 1.807) is 13.4 Å². The normalized spacial score (nSPS) is 10.4. The summed E-state index contributed by atoms with van der Waals surface area (Å²) in [6, 6.07) is 15.8. The number of aromatic nitrogens is 2. The summed E-state index contributed by atoms with van der Waals surface area (Å²) < 4.78 is 7.28. The summed E-state index contributed by atoms with van der Waals surface area (Å²) in [6.45, 7) is 0. The van der Waals surface area contributed by atoms with Gasteiger partial charge in [0.05, 0.1) is 36.7 Å². The minimum absolute atomic E-state index is 0.623. The summed E-state index contributed by atoms with van der Waals surface area (Å²) in [5.74, 6) is 0.662. The van der Waals surface area contributed by atoms with Crippen LogP contribution in [0.5, 0.6) is 5.75 Å². The number of methoxy groups -OCH3 is 1. The molecular weight excluding hydrogens is 250 g/mol. The summed E-state index contributed by atoms with van der Waals surface area (Å²) in [5, 5.41) is 0. The third-order valence-corrected chi connectivity index (χ3v) is 3.20. The maximum Gasteiger partial charge on any atom is 0.143 e. The van der Waals surface area contributed by atoms with Gasteiger partial charge in [0.15, 0.2) is 0 Å². The van der Waals surface area contributed by atoms with E-state index in [9.17, 15) is 0 Å². The Kier molecular flexibility index (Phi) is 3.13. The minimum Gasteiger partial charge on any atom is -0.495 e. The predicted octanol–water partition coefficient (Wildman–Crippen LogP) is 3.13. The van der Waals surface area contributed by atoms with Gasteiger partial charge in [0.2, 0.25) is 0 Å². The van der Waals surface area contributed by atoms with E-state index < -0.39 is 0 Å². The van der Waals surface area contributed by atoms with Crippen LogP contribution in [0.3, 0.4) is 0 Å². The van der Waals surface area contributed by atoms with Crippen LogP contribution in [-0.2, 0) is 0 Å². The Hall–Kier alpha value is -2.75. The number of nitrogens with zero attached hydrogens (tertiary/aromatic N) is 2. The minimum atomic E-state index is 0.623. The van der Waals surface area contributed by atoms with Crippen molar-refractivity contribution in [3.63, 3.8) is 0 Å². The van der Waals surface area contributed by atoms with E-state index in [1.807, 2.05) is 47.2 Å². The third-order valence-electron chi connectivity index (χ3n) is 3.20. The van der Waals surface area contributed by atoms with Crippen LogP contribution >= 0.6 is 0 Å². The number of rotatable bonds is 3. The average Bonchev–Trinajstić information content (AvgIpc) is 2.98. The van der Waals surface area contributed by atoms with Gasteiger partial charge in [-0.2, -0.15) is 0 Å². The van der Waals surface area contributed by atoms with Gasteiger partial charge in [-0.3, -0.25) is 4.57 Å². The zero-order valence-electron chi connectivity index (χ0n) is 11.2. The molecule has 0 aliphatic rings. The van der Waals surface area contributed by atoms with E-state index in [4.69, 9.17) is 10.5 Å². The van der Waals surface area contributed by atoms with Crippen molar-refractivity contribution in [3.8, 4) is 22.7 Å². The number of nitrogen functional groups attached to an aromatic ring is 1. The SMILES string of the molecule is COc1cc(-n2cncc2-c2ccccc2)ccc1N. The molecule has 0 unspecified atom stereocenters. The van der Waals surface area contributed by atoms with Crippen molar-refractivity contribution in [1.82, 2.24) is 9.55 Å². The van der Waals surface area contributed by atoms with Crippen LogP contribution in [0.4, 0.5) is 5.69 Å². The summed E-state index contributed by atoms with van der Waals surface area (Å²) in [4.78, 5) is 4.24. The quantitative estimate of drug-likeness (QED) is 0.740. The molecule has 0 amide bonds. The monoisotopic (exact) mass is 265 g/mol. The topological polar surface area (TPSA) is 53.1 Å². The molecule has 0 saturated heterocycles. The summed E-state index contributed by atoms with van der Waals surface area (Å²) in [5.41, 5.74) is 9.58. The van der Waals surface area contributed by atoms with Crippen molar-refractivity contribution < 1.29 is 4.74 Å². The molecule has 100 valence electrons. The third kappa shape index (κ3) is 2.12. The van der Waals surface area contributed by atoms with Gasteiger partial charge in [0.25, 0.3) is 0 Å². The lowest BCUT2D eigenvalue weighted by atomic mass is 10.1. The molecule has 3 rings (SSSR count). The van der Waals surface area contributed by atoms with Crippen molar-refractivity contribution in [3.05, 3.63) is 61.1 Å². The second kappa shape index (κ2) is 5.09. The van der Waals surface area contributed by atoms with Gasteiger partial charge in [-0.15, -0.1) is 0 Å². The summed E-state index contributed by atoms with van der Waals surface area (Å²) in [7, 11) is 1.61. The fourth-order valence-corrected chi connectivity index (χ4v) is 2.17. The van der Waals surface area contributed by atoms with Crippen LogP contribution in [0.2, 0.25) is 0 Å². The van der Waals surface area contributed by atoms with Gasteiger partial charge in [-0.05, 0) is 12.1 Å². The zero-order valence-corrected chi connectivity index (χ0v) is 11.2. The fourth-order valence-electron chi connectivity index (χ4n) is 2.17. The Morgan fingerprint density at radius 3 is 2.65 bits per heavy atom. The molecule has 0 saturated carbocycles. The van der Waals surface area contributed by atoms with E-state index in [0.717, 1.165) is 16.9 Å². The van der Waals surface area contributed by atoms with Crippen LogP contribution in [0, 0.1) is 0 Å². The van der Waals surface area contributed by atoms with Gasteiger partial charge in [0, 0.05) is 11.6 Å². The summed E-state index contributed by atoms with van der Waals surface area (Å²) >= 11 is 0. The van der Waals surface area contributed by atoms with E-state index >= 15 is 0 Å². The molecule has 0 spiro atoms. The maximum atomic E-state index is 5.85. The fraction of sp³-hybridized carbons (Fsp3) is 0.0625. The molecule has 4 nitrogen and oxygen atoms in total. The molecule has 1 aromatic heterocycles. The molecule has 0 atom stereocenters. The highest BCUT2D eigenvalue weighted by molar-refractivity contribution is 5.64. The molecule has 1 heterocycles. The molecule has 0 fully saturated rings. The van der Waals surface area contributed by atoms with Crippen molar-refractivity contribution in [2.24, 2.45) is 0 Å². The van der Waals surface area contributed by atoms with E-state index in [1.165, 1.54) is 0 Å². The predicted molar refractivity (Wildman–Crippen MR) is 80.0 cm³/mol. The van der Waals surface area contributed by atoms with Crippen LogP contribution in [0.1, 0.15) is 0 Å². The van der Waals surface area contributed by atoms with Crippen LogP contribution in [-0.4, -0.2) is 16.7 Å². The molecule has 3 aromatic rings. The highest BCUT2D eigenvalue weighted by atomic mass is 16.5. The number of hydrogen-bond donors (Lipinski definition) is 1. The van der Waals surface area contributed by atoms with Crippen molar-refractivity contribution in [1.29, 1.82) is 0 Å². The van der Waals surface area contributed by atoms with E-state index in [0.29, 0.717) is 11.4 Å². The van der Waals surface area contributed by atoms with Crippen LogP contribution < -0.4 is 10.5 Å². The first kappa shape index (κ1) is 12.3. The first-order valence-corrected chi connectivity index (χ1v) is 6.31. The Labute approximate surface area is 117 Å². The lowest BCUT2D eigenvalue weighted by molar-refractivity contribution is 0.417. The second-order valence-electron chi connectivity index (χ2n) is 4.44. The number of benzene rings is 2. The number of anilines is 1. The van der Waals surface area contributed by atoms with Gasteiger partial charge in [0.1, 0.15) is 5.75 Å². The molecule has 0 aliphatic heterocycles. The molecule has 2 N–H and O–H groups in total. The lowest BCUT2D eigenvalue weighted by Gasteiger charge is -2.11. The number of imidazole rings is 1. The average molecular weight is 265 g/mol. The van der Waals surface area contributed by atoms with Crippen molar-refractivity contribution >= 4 is 5.69 Å². The summed E-state index contributed by atoms with van der Waals surface area (Å²) in [6.07, 6.45) is 3.63. The Morgan fingerprint density at radius 1 is 1.10 bits per heavy atom. The first-order valence-electron chi connectivity index (χ1n) is 6.31. The molecular formula is C16H15N3O. The Bertz CT molecular complexity index is 720. The molecule has 0 bridgehead atoms. The van der Waals surface area contributed by atoms with Gasteiger partial charge >= 0.3 is 0 Å². The second-order valence-corrected chi connectivity index (χ2v) is 4.44. The lowest BCUT2D eigenvalue weighted by Crippen LogP contribution is -1.98. The largest absolute Gasteiger partial charge is 0.495 e. The van der Waals surface area contributed by atoms with E-state index in [-0.39, 0.29) is 0 Å². The Morgan fingerprint density at radius 2 is 1.90 bits per heavy atom. The molecule has 4 heteroatoms. The van der Waals surface area contributed by atoms with Gasteiger partial charge in [-0.1, -0.05) is 30.3 Å². The van der Waals surface area contributed by atoms with Crippen molar-refractivity contribution in [2.75, 3.05) is 12.8 Å². The number of nitrogens with two attached hydrogens (primary N) is 1. The number of ether oxygens (including phenoxy) is 1. The molecule has 0 aliphatic carbocycles.